The van der Waals surface area contributed by atoms with Crippen molar-refractivity contribution in [2.45, 2.75) is 19.1 Å². The Bertz CT molecular complexity index is 871. The molecule has 0 aliphatic carbocycles. The van der Waals surface area contributed by atoms with Gasteiger partial charge in [-0.2, -0.15) is 0 Å². The van der Waals surface area contributed by atoms with Gasteiger partial charge in [-0.05, 0) is 47.5 Å². The van der Waals surface area contributed by atoms with E-state index >= 15 is 0 Å². The molecule has 0 aliphatic rings. The number of ether oxygens (including phenoxy) is 1. The van der Waals surface area contributed by atoms with Crippen LogP contribution >= 0.6 is 0 Å². The summed E-state index contributed by atoms with van der Waals surface area (Å²) in [7, 11) is 0. The average molecular weight is 468 g/mol. The number of nitrogens with one attached hydrogen (secondary N) is 1. The van der Waals surface area contributed by atoms with Gasteiger partial charge in [0.2, 0.25) is 0 Å². The molecule has 1 radical (unpaired) electrons. The first-order valence-corrected chi connectivity index (χ1v) is 8.61. The maximum Gasteiger partial charge on any atom is 0.305 e. The maximum atomic E-state index is 13.1. The minimum Gasteiger partial charge on any atom is -0.489 e. The summed E-state index contributed by atoms with van der Waals surface area (Å²) in [5, 5.41) is 12.4. The summed E-state index contributed by atoms with van der Waals surface area (Å²) < 4.78 is 18.8. The molecule has 0 saturated heterocycles. The van der Waals surface area contributed by atoms with Crippen LogP contribution in [0.25, 0.3) is 0 Å². The standard InChI is InChI=1S/C22H20FNO3.Rh/c23-18-8-10-19(11-9-18)24-21(14-22(25)26)17-6-12-20(13-7-17)27-15-16-4-2-1-3-5-16;/h1-13,21,24H,14-15H2,(H,25,26);. The minimum atomic E-state index is -0.918. The van der Waals surface area contributed by atoms with Gasteiger partial charge in [0.25, 0.3) is 0 Å². The molecule has 2 N–H and O–H groups in total. The molecule has 0 aromatic heterocycles. The fraction of sp³-hybridized carbons (Fsp3) is 0.136. The molecule has 3 aromatic rings. The smallest absolute Gasteiger partial charge is 0.305 e. The Hall–Kier alpha value is -2.72. The molecule has 28 heavy (non-hydrogen) atoms. The van der Waals surface area contributed by atoms with Gasteiger partial charge in [-0.1, -0.05) is 42.5 Å². The van der Waals surface area contributed by atoms with Crippen LogP contribution in [0.4, 0.5) is 10.1 Å². The zero-order chi connectivity index (χ0) is 19.1. The number of anilines is 1. The van der Waals surface area contributed by atoms with Crippen LogP contribution in [0, 0.1) is 5.82 Å². The van der Waals surface area contributed by atoms with Gasteiger partial charge < -0.3 is 15.2 Å². The monoisotopic (exact) mass is 468 g/mol. The predicted molar refractivity (Wildman–Crippen MR) is 102 cm³/mol. The van der Waals surface area contributed by atoms with Crippen molar-refractivity contribution in [2.24, 2.45) is 0 Å². The number of carboxylic acid groups (broad SMARTS) is 1. The third-order valence-electron chi connectivity index (χ3n) is 4.09. The normalized spacial score (nSPS) is 11.2. The van der Waals surface area contributed by atoms with Crippen LogP contribution in [0.2, 0.25) is 0 Å². The van der Waals surface area contributed by atoms with Gasteiger partial charge in [0.1, 0.15) is 18.2 Å². The second-order valence-corrected chi connectivity index (χ2v) is 6.14. The molecule has 0 aliphatic heterocycles. The molecule has 6 heteroatoms. The first-order valence-electron chi connectivity index (χ1n) is 8.61. The van der Waals surface area contributed by atoms with Crippen molar-refractivity contribution in [2.75, 3.05) is 5.32 Å². The Morgan fingerprint density at radius 3 is 2.21 bits per heavy atom. The summed E-state index contributed by atoms with van der Waals surface area (Å²) in [6, 6.07) is 22.6. The van der Waals surface area contributed by atoms with Crippen LogP contribution in [0.5, 0.6) is 5.75 Å². The molecule has 3 aromatic carbocycles. The number of benzene rings is 3. The summed E-state index contributed by atoms with van der Waals surface area (Å²) in [4.78, 5) is 11.2. The van der Waals surface area contributed by atoms with Crippen molar-refractivity contribution in [3.8, 4) is 5.75 Å². The molecule has 0 amide bonds. The first-order chi connectivity index (χ1) is 13.1. The Labute approximate surface area is 176 Å². The van der Waals surface area contributed by atoms with Crippen molar-refractivity contribution in [1.82, 2.24) is 0 Å². The summed E-state index contributed by atoms with van der Waals surface area (Å²) in [6.45, 7) is 0.465. The predicted octanol–water partition coefficient (Wildman–Crippen LogP) is 5.03. The number of halogens is 1. The molecule has 0 saturated carbocycles. The van der Waals surface area contributed by atoms with Gasteiger partial charge >= 0.3 is 5.97 Å². The van der Waals surface area contributed by atoms with E-state index in [1.165, 1.54) is 12.1 Å². The van der Waals surface area contributed by atoms with Crippen LogP contribution < -0.4 is 10.1 Å². The fourth-order valence-electron chi connectivity index (χ4n) is 2.71. The van der Waals surface area contributed by atoms with Gasteiger partial charge in [0.05, 0.1) is 12.5 Å². The largest absolute Gasteiger partial charge is 0.489 e. The van der Waals surface area contributed by atoms with Crippen LogP contribution in [-0.2, 0) is 30.9 Å². The van der Waals surface area contributed by atoms with Crippen molar-refractivity contribution < 1.29 is 38.5 Å². The summed E-state index contributed by atoms with van der Waals surface area (Å²) in [5.41, 5.74) is 2.55. The Morgan fingerprint density at radius 2 is 1.61 bits per heavy atom. The molecule has 4 nitrogen and oxygen atoms in total. The van der Waals surface area contributed by atoms with E-state index in [1.54, 1.807) is 12.1 Å². The van der Waals surface area contributed by atoms with Crippen LogP contribution in [-0.4, -0.2) is 11.1 Å². The molecule has 3 rings (SSSR count). The number of carboxylic acids is 1. The molecule has 1 unspecified atom stereocenters. The van der Waals surface area contributed by atoms with Gasteiger partial charge in [0.15, 0.2) is 0 Å². The Balaban J connectivity index is 0.00000280. The molecule has 0 spiro atoms. The zero-order valence-electron chi connectivity index (χ0n) is 15.0. The van der Waals surface area contributed by atoms with Crippen molar-refractivity contribution in [3.05, 3.63) is 95.8 Å². The van der Waals surface area contributed by atoms with E-state index in [4.69, 9.17) is 4.74 Å². The topological polar surface area (TPSA) is 58.6 Å². The fourth-order valence-corrected chi connectivity index (χ4v) is 2.71. The van der Waals surface area contributed by atoms with E-state index < -0.39 is 12.0 Å². The van der Waals surface area contributed by atoms with E-state index in [9.17, 15) is 14.3 Å². The Morgan fingerprint density at radius 1 is 0.964 bits per heavy atom. The molecule has 0 bridgehead atoms. The van der Waals surface area contributed by atoms with Gasteiger partial charge in [-0.3, -0.25) is 4.79 Å². The molecular weight excluding hydrogens is 448 g/mol. The number of hydrogen-bond acceptors (Lipinski definition) is 3. The van der Waals surface area contributed by atoms with Crippen LogP contribution in [0.3, 0.4) is 0 Å². The number of carbonyl (C=O) groups is 1. The van der Waals surface area contributed by atoms with E-state index in [2.05, 4.69) is 5.32 Å². The maximum absolute atomic E-state index is 13.1. The first kappa shape index (κ1) is 21.6. The van der Waals surface area contributed by atoms with Crippen LogP contribution in [0.1, 0.15) is 23.6 Å². The molecular formula is C22H20FNO3Rh. The summed E-state index contributed by atoms with van der Waals surface area (Å²) >= 11 is 0. The molecule has 0 heterocycles. The zero-order valence-corrected chi connectivity index (χ0v) is 16.6. The number of hydrogen-bond donors (Lipinski definition) is 2. The second kappa shape index (κ2) is 10.6. The van der Waals surface area contributed by atoms with Crippen molar-refractivity contribution in [1.29, 1.82) is 0 Å². The minimum absolute atomic E-state index is 0. The van der Waals surface area contributed by atoms with Crippen LogP contribution in [0.15, 0.2) is 78.9 Å². The molecule has 1 atom stereocenters. The van der Waals surface area contributed by atoms with E-state index in [-0.39, 0.29) is 31.7 Å². The van der Waals surface area contributed by atoms with E-state index in [0.717, 1.165) is 11.1 Å². The average Bonchev–Trinajstić information content (AvgIpc) is 2.68. The number of rotatable bonds is 8. The number of aliphatic carboxylic acids is 1. The van der Waals surface area contributed by atoms with Gasteiger partial charge in [-0.15, -0.1) is 0 Å². The third-order valence-corrected chi connectivity index (χ3v) is 4.09. The van der Waals surface area contributed by atoms with Gasteiger partial charge in [0, 0.05) is 25.2 Å². The van der Waals surface area contributed by atoms with E-state index in [1.807, 2.05) is 54.6 Å². The Kier molecular flexibility index (Phi) is 8.15. The van der Waals surface area contributed by atoms with Crippen molar-refractivity contribution >= 4 is 11.7 Å². The molecule has 147 valence electrons. The summed E-state index contributed by atoms with van der Waals surface area (Å²) in [6.07, 6.45) is -0.0956. The third kappa shape index (κ3) is 6.47. The van der Waals surface area contributed by atoms with Gasteiger partial charge in [-0.25, -0.2) is 4.39 Å². The molecule has 0 fully saturated rings. The SMILES string of the molecule is O=C(O)CC(Nc1ccc(F)cc1)c1ccc(OCc2ccccc2)cc1.[Rh]. The van der Waals surface area contributed by atoms with E-state index in [0.29, 0.717) is 18.0 Å². The summed E-state index contributed by atoms with van der Waals surface area (Å²) in [5.74, 6) is -0.548. The second-order valence-electron chi connectivity index (χ2n) is 6.14. The van der Waals surface area contributed by atoms with Crippen molar-refractivity contribution in [3.63, 3.8) is 0 Å². The quantitative estimate of drug-likeness (QED) is 0.456.